The number of carbonyl (C=O) groups is 1. The number of aryl methyl sites for hydroxylation is 2. The van der Waals surface area contributed by atoms with Gasteiger partial charge >= 0.3 is 0 Å². The summed E-state index contributed by atoms with van der Waals surface area (Å²) >= 11 is 1.46. The first-order chi connectivity index (χ1) is 9.84. The molecule has 0 spiro atoms. The zero-order chi connectivity index (χ0) is 15.5. The van der Waals surface area contributed by atoms with Crippen molar-refractivity contribution in [2.75, 3.05) is 5.32 Å². The van der Waals surface area contributed by atoms with E-state index in [1.165, 1.54) is 22.5 Å². The lowest BCUT2D eigenvalue weighted by molar-refractivity contribution is -0.116. The summed E-state index contributed by atoms with van der Waals surface area (Å²) < 4.78 is 0. The molecular weight excluding hydrogens is 280 g/mol. The summed E-state index contributed by atoms with van der Waals surface area (Å²) in [6.45, 7) is 8.52. The van der Waals surface area contributed by atoms with Gasteiger partial charge in [0.2, 0.25) is 5.91 Å². The summed E-state index contributed by atoms with van der Waals surface area (Å²) in [5, 5.41) is 5.45. The van der Waals surface area contributed by atoms with Crippen LogP contribution in [0.4, 0.5) is 5.13 Å². The van der Waals surface area contributed by atoms with Crippen LogP contribution in [0.25, 0.3) is 0 Å². The molecule has 2 rings (SSSR count). The van der Waals surface area contributed by atoms with Gasteiger partial charge in [-0.15, -0.1) is 11.3 Å². The molecule has 0 aliphatic carbocycles. The van der Waals surface area contributed by atoms with Crippen molar-refractivity contribution in [3.05, 3.63) is 46.5 Å². The van der Waals surface area contributed by atoms with Gasteiger partial charge in [0, 0.05) is 11.8 Å². The van der Waals surface area contributed by atoms with E-state index in [1.807, 2.05) is 12.3 Å². The largest absolute Gasteiger partial charge is 0.302 e. The number of anilines is 1. The molecule has 1 amide bonds. The van der Waals surface area contributed by atoms with Crippen LogP contribution in [0.3, 0.4) is 0 Å². The highest BCUT2D eigenvalue weighted by Gasteiger charge is 2.13. The number of hydrogen-bond acceptors (Lipinski definition) is 3. The second kappa shape index (κ2) is 6.39. The molecule has 3 nitrogen and oxygen atoms in total. The van der Waals surface area contributed by atoms with Crippen molar-refractivity contribution in [3.8, 4) is 0 Å². The molecular formula is C17H22N2OS. The molecule has 2 aromatic rings. The highest BCUT2D eigenvalue weighted by Crippen LogP contribution is 2.22. The van der Waals surface area contributed by atoms with Crippen LogP contribution in [0.5, 0.6) is 0 Å². The summed E-state index contributed by atoms with van der Waals surface area (Å²) in [4.78, 5) is 16.1. The van der Waals surface area contributed by atoms with Crippen LogP contribution in [0.1, 0.15) is 44.0 Å². The second-order valence-electron chi connectivity index (χ2n) is 6.29. The Balaban J connectivity index is 1.86. The minimum absolute atomic E-state index is 0.0178. The Morgan fingerprint density at radius 3 is 2.43 bits per heavy atom. The number of hydrogen-bond donors (Lipinski definition) is 1. The smallest absolute Gasteiger partial charge is 0.226 e. The fraction of sp³-hybridized carbons (Fsp3) is 0.412. The molecule has 1 aromatic heterocycles. The van der Waals surface area contributed by atoms with Crippen LogP contribution in [-0.2, 0) is 16.6 Å². The molecule has 0 saturated carbocycles. The number of aromatic nitrogens is 1. The molecule has 0 radical (unpaired) electrons. The fourth-order valence-electron chi connectivity index (χ4n) is 2.02. The molecule has 112 valence electrons. The van der Waals surface area contributed by atoms with Crippen molar-refractivity contribution in [2.24, 2.45) is 0 Å². The molecule has 0 aliphatic rings. The zero-order valence-electron chi connectivity index (χ0n) is 13.1. The quantitative estimate of drug-likeness (QED) is 0.914. The second-order valence-corrected chi connectivity index (χ2v) is 7.15. The number of nitrogens with one attached hydrogen (secondary N) is 1. The maximum Gasteiger partial charge on any atom is 0.226 e. The number of rotatable bonds is 4. The predicted octanol–water partition coefficient (Wildman–Crippen LogP) is 4.32. The third-order valence-corrected chi connectivity index (χ3v) is 4.20. The Kier molecular flexibility index (Phi) is 4.78. The van der Waals surface area contributed by atoms with E-state index in [1.54, 1.807) is 0 Å². The van der Waals surface area contributed by atoms with Crippen molar-refractivity contribution in [1.29, 1.82) is 0 Å². The normalized spacial score (nSPS) is 11.4. The summed E-state index contributed by atoms with van der Waals surface area (Å²) in [5.41, 5.74) is 3.61. The Bertz CT molecular complexity index is 608. The van der Waals surface area contributed by atoms with Gasteiger partial charge in [0.1, 0.15) is 0 Å². The SMILES string of the molecule is Cc1csc(NC(=O)CCc2ccc(C(C)(C)C)cc2)n1. The van der Waals surface area contributed by atoms with Crippen LogP contribution in [0, 0.1) is 6.92 Å². The van der Waals surface area contributed by atoms with Crippen molar-refractivity contribution in [2.45, 2.75) is 46.0 Å². The van der Waals surface area contributed by atoms with Gasteiger partial charge in [-0.2, -0.15) is 0 Å². The van der Waals surface area contributed by atoms with Gasteiger partial charge in [0.15, 0.2) is 5.13 Å². The van der Waals surface area contributed by atoms with Gasteiger partial charge < -0.3 is 5.32 Å². The molecule has 0 aliphatic heterocycles. The molecule has 0 saturated heterocycles. The van der Waals surface area contributed by atoms with E-state index in [-0.39, 0.29) is 11.3 Å². The van der Waals surface area contributed by atoms with E-state index in [2.05, 4.69) is 55.3 Å². The zero-order valence-corrected chi connectivity index (χ0v) is 13.9. The Hall–Kier alpha value is -1.68. The van der Waals surface area contributed by atoms with E-state index >= 15 is 0 Å². The van der Waals surface area contributed by atoms with Crippen LogP contribution in [0.2, 0.25) is 0 Å². The van der Waals surface area contributed by atoms with E-state index in [0.29, 0.717) is 11.6 Å². The van der Waals surface area contributed by atoms with Crippen molar-refractivity contribution in [3.63, 3.8) is 0 Å². The first-order valence-corrected chi connectivity index (χ1v) is 8.04. The number of carbonyl (C=O) groups excluding carboxylic acids is 1. The van der Waals surface area contributed by atoms with Crippen LogP contribution in [-0.4, -0.2) is 10.9 Å². The maximum atomic E-state index is 11.9. The monoisotopic (exact) mass is 302 g/mol. The minimum Gasteiger partial charge on any atom is -0.302 e. The van der Waals surface area contributed by atoms with Gasteiger partial charge in [-0.3, -0.25) is 4.79 Å². The van der Waals surface area contributed by atoms with E-state index in [4.69, 9.17) is 0 Å². The average Bonchev–Trinajstić information content (AvgIpc) is 2.81. The summed E-state index contributed by atoms with van der Waals surface area (Å²) in [6.07, 6.45) is 1.23. The first kappa shape index (κ1) is 15.7. The number of nitrogens with zero attached hydrogens (tertiary/aromatic N) is 1. The van der Waals surface area contributed by atoms with Gasteiger partial charge in [0.05, 0.1) is 5.69 Å². The van der Waals surface area contributed by atoms with Gasteiger partial charge in [-0.1, -0.05) is 45.0 Å². The molecule has 0 bridgehead atoms. The third kappa shape index (κ3) is 4.67. The van der Waals surface area contributed by atoms with E-state index in [9.17, 15) is 4.79 Å². The standard InChI is InChI=1S/C17H22N2OS/c1-12-11-21-16(18-12)19-15(20)10-7-13-5-8-14(9-6-13)17(2,3)4/h5-6,8-9,11H,7,10H2,1-4H3,(H,18,19,20). The lowest BCUT2D eigenvalue weighted by atomic mass is 9.86. The third-order valence-electron chi connectivity index (χ3n) is 3.33. The Morgan fingerprint density at radius 2 is 1.90 bits per heavy atom. The minimum atomic E-state index is 0.0178. The molecule has 0 atom stereocenters. The lowest BCUT2D eigenvalue weighted by Gasteiger charge is -2.19. The Morgan fingerprint density at radius 1 is 1.24 bits per heavy atom. The highest BCUT2D eigenvalue weighted by atomic mass is 32.1. The Labute approximate surface area is 130 Å². The van der Waals surface area contributed by atoms with Crippen LogP contribution < -0.4 is 5.32 Å². The predicted molar refractivity (Wildman–Crippen MR) is 88.9 cm³/mol. The van der Waals surface area contributed by atoms with Gasteiger partial charge in [-0.05, 0) is 29.9 Å². The van der Waals surface area contributed by atoms with Crippen molar-refractivity contribution < 1.29 is 4.79 Å². The van der Waals surface area contributed by atoms with Crippen molar-refractivity contribution >= 4 is 22.4 Å². The molecule has 0 fully saturated rings. The van der Waals surface area contributed by atoms with Crippen LogP contribution >= 0.6 is 11.3 Å². The summed E-state index contributed by atoms with van der Waals surface area (Å²) in [6, 6.07) is 8.53. The van der Waals surface area contributed by atoms with E-state index < -0.39 is 0 Å². The number of amides is 1. The lowest BCUT2D eigenvalue weighted by Crippen LogP contribution is -2.13. The van der Waals surface area contributed by atoms with Gasteiger partial charge in [0.25, 0.3) is 0 Å². The highest BCUT2D eigenvalue weighted by molar-refractivity contribution is 7.13. The summed E-state index contributed by atoms with van der Waals surface area (Å²) in [7, 11) is 0. The average molecular weight is 302 g/mol. The number of thiazole rings is 1. The van der Waals surface area contributed by atoms with Crippen molar-refractivity contribution in [1.82, 2.24) is 4.98 Å². The topological polar surface area (TPSA) is 42.0 Å². The summed E-state index contributed by atoms with van der Waals surface area (Å²) in [5.74, 6) is 0.0178. The maximum absolute atomic E-state index is 11.9. The van der Waals surface area contributed by atoms with Crippen LogP contribution in [0.15, 0.2) is 29.6 Å². The number of benzene rings is 1. The fourth-order valence-corrected chi connectivity index (χ4v) is 2.73. The molecule has 0 unspecified atom stereocenters. The molecule has 1 N–H and O–H groups in total. The molecule has 4 heteroatoms. The molecule has 21 heavy (non-hydrogen) atoms. The van der Waals surface area contributed by atoms with E-state index in [0.717, 1.165) is 12.1 Å². The molecule has 1 heterocycles. The first-order valence-electron chi connectivity index (χ1n) is 7.16. The molecule has 1 aromatic carbocycles. The van der Waals surface area contributed by atoms with Gasteiger partial charge in [-0.25, -0.2) is 4.98 Å².